The quantitative estimate of drug-likeness (QED) is 0.880. The molecule has 2 rings (SSSR count). The zero-order valence-electron chi connectivity index (χ0n) is 11.8. The average Bonchev–Trinajstić information content (AvgIpc) is 2.76. The summed E-state index contributed by atoms with van der Waals surface area (Å²) in [4.78, 5) is 0. The van der Waals surface area contributed by atoms with Crippen LogP contribution in [0.2, 0.25) is 0 Å². The summed E-state index contributed by atoms with van der Waals surface area (Å²) in [7, 11) is 0. The van der Waals surface area contributed by atoms with Crippen molar-refractivity contribution >= 4 is 11.3 Å². The standard InChI is InChI=1S/C15H21N3S/c1-11(2)16-8-7-14-17-18-15(19-14)10-13-6-4-5-12(3)9-13/h4-6,9,11,16H,7-8,10H2,1-3H3. The van der Waals surface area contributed by atoms with Crippen molar-refractivity contribution in [2.75, 3.05) is 6.54 Å². The van der Waals surface area contributed by atoms with E-state index >= 15 is 0 Å². The first-order chi connectivity index (χ1) is 9.13. The fraction of sp³-hybridized carbons (Fsp3) is 0.467. The van der Waals surface area contributed by atoms with Gasteiger partial charge in [0.05, 0.1) is 0 Å². The van der Waals surface area contributed by atoms with Gasteiger partial charge in [0.2, 0.25) is 0 Å². The summed E-state index contributed by atoms with van der Waals surface area (Å²) in [5.41, 5.74) is 2.60. The summed E-state index contributed by atoms with van der Waals surface area (Å²) >= 11 is 1.72. The molecule has 0 saturated carbocycles. The van der Waals surface area contributed by atoms with Crippen molar-refractivity contribution in [3.63, 3.8) is 0 Å². The van der Waals surface area contributed by atoms with Crippen LogP contribution in [0.4, 0.5) is 0 Å². The number of aryl methyl sites for hydroxylation is 1. The second-order valence-corrected chi connectivity index (χ2v) is 6.26. The highest BCUT2D eigenvalue weighted by molar-refractivity contribution is 7.11. The molecule has 0 atom stereocenters. The van der Waals surface area contributed by atoms with Crippen molar-refractivity contribution in [3.05, 3.63) is 45.4 Å². The molecule has 19 heavy (non-hydrogen) atoms. The molecule has 3 nitrogen and oxygen atoms in total. The van der Waals surface area contributed by atoms with Crippen molar-refractivity contribution in [1.29, 1.82) is 0 Å². The summed E-state index contributed by atoms with van der Waals surface area (Å²) in [6, 6.07) is 9.10. The average molecular weight is 275 g/mol. The van der Waals surface area contributed by atoms with E-state index in [1.807, 2.05) is 0 Å². The molecule has 0 radical (unpaired) electrons. The van der Waals surface area contributed by atoms with E-state index in [0.29, 0.717) is 6.04 Å². The van der Waals surface area contributed by atoms with Crippen molar-refractivity contribution < 1.29 is 0 Å². The summed E-state index contributed by atoms with van der Waals surface area (Å²) in [5, 5.41) is 14.2. The molecule has 4 heteroatoms. The van der Waals surface area contributed by atoms with Gasteiger partial charge in [-0.25, -0.2) is 0 Å². The molecular formula is C15H21N3S. The SMILES string of the molecule is Cc1cccc(Cc2nnc(CCNC(C)C)s2)c1. The van der Waals surface area contributed by atoms with Crippen LogP contribution in [0.3, 0.4) is 0 Å². The molecule has 1 heterocycles. The minimum absolute atomic E-state index is 0.527. The highest BCUT2D eigenvalue weighted by atomic mass is 32.1. The molecule has 0 amide bonds. The van der Waals surface area contributed by atoms with E-state index in [0.717, 1.165) is 29.4 Å². The number of benzene rings is 1. The topological polar surface area (TPSA) is 37.8 Å². The lowest BCUT2D eigenvalue weighted by Crippen LogP contribution is -2.24. The third kappa shape index (κ3) is 4.73. The van der Waals surface area contributed by atoms with Crippen molar-refractivity contribution in [2.24, 2.45) is 0 Å². The molecule has 0 spiro atoms. The van der Waals surface area contributed by atoms with Gasteiger partial charge < -0.3 is 5.32 Å². The van der Waals surface area contributed by atoms with Crippen LogP contribution < -0.4 is 5.32 Å². The predicted molar refractivity (Wildman–Crippen MR) is 80.7 cm³/mol. The van der Waals surface area contributed by atoms with Gasteiger partial charge >= 0.3 is 0 Å². The molecule has 0 unspecified atom stereocenters. The van der Waals surface area contributed by atoms with E-state index in [1.165, 1.54) is 11.1 Å². The van der Waals surface area contributed by atoms with Crippen LogP contribution in [0.25, 0.3) is 0 Å². The van der Waals surface area contributed by atoms with Gasteiger partial charge in [0.1, 0.15) is 10.0 Å². The van der Waals surface area contributed by atoms with Gasteiger partial charge in [0.25, 0.3) is 0 Å². The maximum absolute atomic E-state index is 4.28. The van der Waals surface area contributed by atoms with Crippen LogP contribution in [0.1, 0.15) is 35.0 Å². The van der Waals surface area contributed by atoms with Crippen molar-refractivity contribution in [1.82, 2.24) is 15.5 Å². The van der Waals surface area contributed by atoms with Crippen LogP contribution in [-0.4, -0.2) is 22.8 Å². The largest absolute Gasteiger partial charge is 0.314 e. The summed E-state index contributed by atoms with van der Waals surface area (Å²) < 4.78 is 0. The highest BCUT2D eigenvalue weighted by Crippen LogP contribution is 2.15. The molecule has 0 aliphatic rings. The Balaban J connectivity index is 1.90. The molecule has 1 aromatic carbocycles. The lowest BCUT2D eigenvalue weighted by molar-refractivity contribution is 0.588. The number of rotatable bonds is 6. The molecule has 1 aromatic heterocycles. The van der Waals surface area contributed by atoms with Gasteiger partial charge in [0.15, 0.2) is 0 Å². The van der Waals surface area contributed by atoms with Crippen LogP contribution in [0.5, 0.6) is 0 Å². The molecule has 0 fully saturated rings. The van der Waals surface area contributed by atoms with E-state index in [2.05, 4.69) is 60.6 Å². The third-order valence-electron chi connectivity index (χ3n) is 2.84. The first-order valence-electron chi connectivity index (χ1n) is 6.73. The summed E-state index contributed by atoms with van der Waals surface area (Å²) in [5.74, 6) is 0. The van der Waals surface area contributed by atoms with E-state index in [1.54, 1.807) is 11.3 Å². The van der Waals surface area contributed by atoms with Crippen molar-refractivity contribution in [3.8, 4) is 0 Å². The van der Waals surface area contributed by atoms with Gasteiger partial charge in [-0.15, -0.1) is 21.5 Å². The monoisotopic (exact) mass is 275 g/mol. The predicted octanol–water partition coefficient (Wildman–Crippen LogP) is 2.98. The van der Waals surface area contributed by atoms with E-state index in [-0.39, 0.29) is 0 Å². The Kier molecular flexibility index (Phi) is 5.05. The molecular weight excluding hydrogens is 254 g/mol. The van der Waals surface area contributed by atoms with Gasteiger partial charge in [-0.05, 0) is 12.5 Å². The maximum Gasteiger partial charge on any atom is 0.121 e. The number of nitrogens with zero attached hydrogens (tertiary/aromatic N) is 2. The second kappa shape index (κ2) is 6.78. The Morgan fingerprint density at radius 1 is 1.21 bits per heavy atom. The van der Waals surface area contributed by atoms with Crippen LogP contribution in [-0.2, 0) is 12.8 Å². The molecule has 0 saturated heterocycles. The van der Waals surface area contributed by atoms with Crippen molar-refractivity contribution in [2.45, 2.75) is 39.7 Å². The summed E-state index contributed by atoms with van der Waals surface area (Å²) in [6.45, 7) is 7.40. The Labute approximate surface area is 119 Å². The van der Waals surface area contributed by atoms with E-state index < -0.39 is 0 Å². The first kappa shape index (κ1) is 14.2. The Bertz CT molecular complexity index is 520. The zero-order chi connectivity index (χ0) is 13.7. The van der Waals surface area contributed by atoms with Crippen LogP contribution in [0, 0.1) is 6.92 Å². The fourth-order valence-corrected chi connectivity index (χ4v) is 2.80. The molecule has 2 aromatic rings. The summed E-state index contributed by atoms with van der Waals surface area (Å²) in [6.07, 6.45) is 1.85. The smallest absolute Gasteiger partial charge is 0.121 e. The Morgan fingerprint density at radius 2 is 2.00 bits per heavy atom. The van der Waals surface area contributed by atoms with Crippen LogP contribution >= 0.6 is 11.3 Å². The number of nitrogens with one attached hydrogen (secondary N) is 1. The molecule has 1 N–H and O–H groups in total. The molecule has 0 aliphatic carbocycles. The van der Waals surface area contributed by atoms with Gasteiger partial charge in [-0.1, -0.05) is 43.7 Å². The van der Waals surface area contributed by atoms with E-state index in [9.17, 15) is 0 Å². The first-order valence-corrected chi connectivity index (χ1v) is 7.55. The number of hydrogen-bond donors (Lipinski definition) is 1. The van der Waals surface area contributed by atoms with E-state index in [4.69, 9.17) is 0 Å². The number of hydrogen-bond acceptors (Lipinski definition) is 4. The zero-order valence-corrected chi connectivity index (χ0v) is 12.6. The second-order valence-electron chi connectivity index (χ2n) is 5.11. The molecule has 0 bridgehead atoms. The lowest BCUT2D eigenvalue weighted by atomic mass is 10.1. The Hall–Kier alpha value is -1.26. The van der Waals surface area contributed by atoms with Crippen LogP contribution in [0.15, 0.2) is 24.3 Å². The molecule has 0 aliphatic heterocycles. The Morgan fingerprint density at radius 3 is 2.74 bits per heavy atom. The van der Waals surface area contributed by atoms with Gasteiger partial charge in [-0.2, -0.15) is 0 Å². The normalized spacial score (nSPS) is 11.2. The minimum Gasteiger partial charge on any atom is -0.314 e. The van der Waals surface area contributed by atoms with Gasteiger partial charge in [-0.3, -0.25) is 0 Å². The molecule has 102 valence electrons. The highest BCUT2D eigenvalue weighted by Gasteiger charge is 2.05. The van der Waals surface area contributed by atoms with Gasteiger partial charge in [0, 0.05) is 25.4 Å². The maximum atomic E-state index is 4.28. The fourth-order valence-electron chi connectivity index (χ4n) is 1.93. The lowest BCUT2D eigenvalue weighted by Gasteiger charge is -2.05. The third-order valence-corrected chi connectivity index (χ3v) is 3.82. The minimum atomic E-state index is 0.527. The number of aromatic nitrogens is 2.